The Hall–Kier alpha value is -2.29. The fourth-order valence-electron chi connectivity index (χ4n) is 1.79. The van der Waals surface area contributed by atoms with E-state index in [0.29, 0.717) is 5.56 Å². The molecule has 0 atom stereocenters. The molecule has 0 aliphatic carbocycles. The molecule has 0 spiro atoms. The predicted molar refractivity (Wildman–Crippen MR) is 69.6 cm³/mol. The lowest BCUT2D eigenvalue weighted by Gasteiger charge is -2.06. The van der Waals surface area contributed by atoms with Crippen molar-refractivity contribution in [2.24, 2.45) is 0 Å². The van der Waals surface area contributed by atoms with Gasteiger partial charge < -0.3 is 9.84 Å². The van der Waals surface area contributed by atoms with Gasteiger partial charge in [0.15, 0.2) is 0 Å². The van der Waals surface area contributed by atoms with Gasteiger partial charge in [-0.25, -0.2) is 4.79 Å². The molecule has 2 aromatic rings. The summed E-state index contributed by atoms with van der Waals surface area (Å²) in [7, 11) is 1.35. The summed E-state index contributed by atoms with van der Waals surface area (Å²) in [6, 6.07) is 12.4. The Kier molecular flexibility index (Phi) is 3.33. The number of carbonyl (C=O) groups is 1. The van der Waals surface area contributed by atoms with Crippen molar-refractivity contribution >= 4 is 5.97 Å². The summed E-state index contributed by atoms with van der Waals surface area (Å²) in [5.74, 6) is -0.129. The second-order valence-electron chi connectivity index (χ2n) is 4.09. The molecule has 0 fully saturated rings. The molecule has 0 aromatic heterocycles. The number of hydrogen-bond donors (Lipinski definition) is 1. The summed E-state index contributed by atoms with van der Waals surface area (Å²) in [5, 5.41) is 9.88. The Balaban J connectivity index is 2.37. The maximum absolute atomic E-state index is 11.3. The molecule has 3 heteroatoms. The Bertz CT molecular complexity index is 571. The van der Waals surface area contributed by atoms with Gasteiger partial charge in [0, 0.05) is 5.56 Å². The van der Waals surface area contributed by atoms with Crippen LogP contribution in [0.15, 0.2) is 42.5 Å². The highest BCUT2D eigenvalue weighted by atomic mass is 16.5. The molecule has 0 unspecified atom stereocenters. The third-order valence-corrected chi connectivity index (χ3v) is 2.77. The highest BCUT2D eigenvalue weighted by Gasteiger charge is 2.07. The van der Waals surface area contributed by atoms with Gasteiger partial charge in [-0.1, -0.05) is 24.3 Å². The number of phenolic OH excluding ortho intramolecular Hbond substituents is 1. The van der Waals surface area contributed by atoms with E-state index in [1.807, 2.05) is 19.1 Å². The van der Waals surface area contributed by atoms with Crippen molar-refractivity contribution in [3.05, 3.63) is 53.6 Å². The molecule has 2 aromatic carbocycles. The zero-order valence-electron chi connectivity index (χ0n) is 10.3. The maximum Gasteiger partial charge on any atom is 0.337 e. The van der Waals surface area contributed by atoms with E-state index in [0.717, 1.165) is 16.7 Å². The van der Waals surface area contributed by atoms with Crippen molar-refractivity contribution in [1.29, 1.82) is 0 Å². The Labute approximate surface area is 106 Å². The van der Waals surface area contributed by atoms with Gasteiger partial charge in [-0.3, -0.25) is 0 Å². The van der Waals surface area contributed by atoms with Gasteiger partial charge in [-0.15, -0.1) is 0 Å². The monoisotopic (exact) mass is 242 g/mol. The van der Waals surface area contributed by atoms with Crippen LogP contribution in [0.4, 0.5) is 0 Å². The standard InChI is InChI=1S/C15H14O3/c1-10-3-8-13(14(16)9-10)11-4-6-12(7-5-11)15(17)18-2/h3-9,16H,1-2H3. The van der Waals surface area contributed by atoms with Crippen LogP contribution in [0.25, 0.3) is 11.1 Å². The fraction of sp³-hybridized carbons (Fsp3) is 0.133. The Morgan fingerprint density at radius 2 is 1.78 bits per heavy atom. The van der Waals surface area contributed by atoms with Crippen LogP contribution in [0, 0.1) is 6.92 Å². The van der Waals surface area contributed by atoms with Crippen LogP contribution in [0.2, 0.25) is 0 Å². The van der Waals surface area contributed by atoms with Gasteiger partial charge in [0.05, 0.1) is 12.7 Å². The van der Waals surface area contributed by atoms with Crippen molar-refractivity contribution in [3.63, 3.8) is 0 Å². The smallest absolute Gasteiger partial charge is 0.337 e. The zero-order chi connectivity index (χ0) is 13.1. The highest BCUT2D eigenvalue weighted by Crippen LogP contribution is 2.29. The molecule has 0 radical (unpaired) electrons. The molecule has 18 heavy (non-hydrogen) atoms. The van der Waals surface area contributed by atoms with Crippen LogP contribution in [0.1, 0.15) is 15.9 Å². The zero-order valence-corrected chi connectivity index (χ0v) is 10.3. The normalized spacial score (nSPS) is 10.1. The Morgan fingerprint density at radius 1 is 1.11 bits per heavy atom. The number of carbonyl (C=O) groups excluding carboxylic acids is 1. The molecule has 92 valence electrons. The van der Waals surface area contributed by atoms with E-state index in [9.17, 15) is 9.90 Å². The molecule has 0 aliphatic heterocycles. The first-order valence-corrected chi connectivity index (χ1v) is 5.60. The lowest BCUT2D eigenvalue weighted by molar-refractivity contribution is 0.0601. The summed E-state index contributed by atoms with van der Waals surface area (Å²) in [5.41, 5.74) is 3.10. The quantitative estimate of drug-likeness (QED) is 0.823. The second kappa shape index (κ2) is 4.92. The number of phenols is 1. The molecule has 2 rings (SSSR count). The average molecular weight is 242 g/mol. The average Bonchev–Trinajstić information content (AvgIpc) is 2.38. The van der Waals surface area contributed by atoms with Gasteiger partial charge in [0.1, 0.15) is 5.75 Å². The minimum atomic E-state index is -0.366. The number of hydrogen-bond acceptors (Lipinski definition) is 3. The van der Waals surface area contributed by atoms with Crippen LogP contribution in [0.5, 0.6) is 5.75 Å². The van der Waals surface area contributed by atoms with E-state index in [1.54, 1.807) is 30.3 Å². The van der Waals surface area contributed by atoms with Crippen LogP contribution < -0.4 is 0 Å². The number of esters is 1. The minimum Gasteiger partial charge on any atom is -0.507 e. The largest absolute Gasteiger partial charge is 0.507 e. The van der Waals surface area contributed by atoms with E-state index in [2.05, 4.69) is 4.74 Å². The SMILES string of the molecule is COC(=O)c1ccc(-c2ccc(C)cc2O)cc1. The molecule has 3 nitrogen and oxygen atoms in total. The van der Waals surface area contributed by atoms with Crippen molar-refractivity contribution in [3.8, 4) is 16.9 Å². The summed E-state index contributed by atoms with van der Waals surface area (Å²) in [4.78, 5) is 11.3. The van der Waals surface area contributed by atoms with Crippen LogP contribution in [-0.2, 0) is 4.74 Å². The first kappa shape index (κ1) is 12.2. The lowest BCUT2D eigenvalue weighted by atomic mass is 10.0. The minimum absolute atomic E-state index is 0.237. The summed E-state index contributed by atoms with van der Waals surface area (Å²) in [6.45, 7) is 1.92. The molecular weight excluding hydrogens is 228 g/mol. The van der Waals surface area contributed by atoms with Crippen LogP contribution >= 0.6 is 0 Å². The third-order valence-electron chi connectivity index (χ3n) is 2.77. The van der Waals surface area contributed by atoms with E-state index in [-0.39, 0.29) is 11.7 Å². The molecule has 0 bridgehead atoms. The van der Waals surface area contributed by atoms with Gasteiger partial charge >= 0.3 is 5.97 Å². The second-order valence-corrected chi connectivity index (χ2v) is 4.09. The number of aryl methyl sites for hydroxylation is 1. The first-order chi connectivity index (χ1) is 8.61. The summed E-state index contributed by atoms with van der Waals surface area (Å²) < 4.78 is 4.63. The molecule has 0 amide bonds. The van der Waals surface area contributed by atoms with E-state index < -0.39 is 0 Å². The van der Waals surface area contributed by atoms with Crippen LogP contribution in [0.3, 0.4) is 0 Å². The molecule has 1 N–H and O–H groups in total. The predicted octanol–water partition coefficient (Wildman–Crippen LogP) is 3.15. The van der Waals surface area contributed by atoms with Crippen molar-refractivity contribution in [1.82, 2.24) is 0 Å². The molecule has 0 heterocycles. The number of aromatic hydroxyl groups is 1. The first-order valence-electron chi connectivity index (χ1n) is 5.60. The van der Waals surface area contributed by atoms with Crippen molar-refractivity contribution in [2.75, 3.05) is 7.11 Å². The molecular formula is C15H14O3. The van der Waals surface area contributed by atoms with Gasteiger partial charge in [-0.05, 0) is 36.2 Å². The van der Waals surface area contributed by atoms with E-state index in [4.69, 9.17) is 0 Å². The molecule has 0 saturated heterocycles. The van der Waals surface area contributed by atoms with Gasteiger partial charge in [-0.2, -0.15) is 0 Å². The highest BCUT2D eigenvalue weighted by molar-refractivity contribution is 5.90. The number of rotatable bonds is 2. The van der Waals surface area contributed by atoms with E-state index in [1.165, 1.54) is 7.11 Å². The van der Waals surface area contributed by atoms with E-state index >= 15 is 0 Å². The third kappa shape index (κ3) is 2.35. The lowest BCUT2D eigenvalue weighted by Crippen LogP contribution is -2.00. The Morgan fingerprint density at radius 3 is 2.33 bits per heavy atom. The molecule has 0 saturated carbocycles. The van der Waals surface area contributed by atoms with Crippen molar-refractivity contribution in [2.45, 2.75) is 6.92 Å². The topological polar surface area (TPSA) is 46.5 Å². The van der Waals surface area contributed by atoms with Crippen LogP contribution in [-0.4, -0.2) is 18.2 Å². The summed E-state index contributed by atoms with van der Waals surface area (Å²) in [6.07, 6.45) is 0. The number of benzene rings is 2. The van der Waals surface area contributed by atoms with Gasteiger partial charge in [0.2, 0.25) is 0 Å². The number of ether oxygens (including phenoxy) is 1. The fourth-order valence-corrected chi connectivity index (χ4v) is 1.79. The maximum atomic E-state index is 11.3. The summed E-state index contributed by atoms with van der Waals surface area (Å²) >= 11 is 0. The molecule has 0 aliphatic rings. The van der Waals surface area contributed by atoms with Crippen molar-refractivity contribution < 1.29 is 14.6 Å². The number of methoxy groups -OCH3 is 1. The van der Waals surface area contributed by atoms with Gasteiger partial charge in [0.25, 0.3) is 0 Å².